The highest BCUT2D eigenvalue weighted by atomic mass is 19.1. The molecule has 0 fully saturated rings. The van der Waals surface area contributed by atoms with Crippen LogP contribution in [-0.2, 0) is 29.7 Å². The largest absolute Gasteiger partial charge is 0.494 e. The number of rotatable bonds is 7. The Balaban J connectivity index is 1.70. The van der Waals surface area contributed by atoms with E-state index in [4.69, 9.17) is 19.9 Å². The molecule has 2 aromatic carbocycles. The van der Waals surface area contributed by atoms with E-state index in [2.05, 4.69) is 15.4 Å². The number of carbonyl (C=O) groups excluding carboxylic acids is 1. The smallest absolute Gasteiger partial charge is 0.412 e. The van der Waals surface area contributed by atoms with Crippen molar-refractivity contribution in [2.24, 2.45) is 7.05 Å². The van der Waals surface area contributed by atoms with E-state index < -0.39 is 17.5 Å². The van der Waals surface area contributed by atoms with E-state index in [-0.39, 0.29) is 18.8 Å². The zero-order valence-electron chi connectivity index (χ0n) is 19.3. The third-order valence-electron chi connectivity index (χ3n) is 4.44. The normalized spacial score (nSPS) is 11.3. The van der Waals surface area contributed by atoms with Gasteiger partial charge in [0.1, 0.15) is 17.7 Å². The minimum atomic E-state index is -0.639. The molecular formula is C23H28FN5O4. The quantitative estimate of drug-likeness (QED) is 0.509. The van der Waals surface area contributed by atoms with Crippen molar-refractivity contribution in [2.45, 2.75) is 39.6 Å². The molecule has 3 N–H and O–H groups in total. The maximum absolute atomic E-state index is 14.3. The molecule has 0 aliphatic carbocycles. The summed E-state index contributed by atoms with van der Waals surface area (Å²) in [5.74, 6) is 0.490. The fraction of sp³-hybridized carbons (Fsp3) is 0.348. The molecule has 1 heterocycles. The summed E-state index contributed by atoms with van der Waals surface area (Å²) >= 11 is 0. The van der Waals surface area contributed by atoms with E-state index in [1.165, 1.54) is 25.3 Å². The first kappa shape index (κ1) is 24.0. The molecule has 3 rings (SSSR count). The number of aryl methyl sites for hydroxylation is 1. The summed E-state index contributed by atoms with van der Waals surface area (Å²) in [6, 6.07) is 7.77. The first-order valence-electron chi connectivity index (χ1n) is 10.2. The van der Waals surface area contributed by atoms with Crippen molar-refractivity contribution >= 4 is 17.5 Å². The first-order valence-corrected chi connectivity index (χ1v) is 10.2. The van der Waals surface area contributed by atoms with Gasteiger partial charge in [-0.15, -0.1) is 0 Å². The summed E-state index contributed by atoms with van der Waals surface area (Å²) in [5, 5.41) is 6.89. The maximum atomic E-state index is 14.3. The Morgan fingerprint density at radius 3 is 2.61 bits per heavy atom. The third-order valence-corrected chi connectivity index (χ3v) is 4.44. The van der Waals surface area contributed by atoms with Gasteiger partial charge in [-0.25, -0.2) is 14.2 Å². The fourth-order valence-electron chi connectivity index (χ4n) is 3.12. The van der Waals surface area contributed by atoms with Crippen LogP contribution >= 0.6 is 0 Å². The average molecular weight is 458 g/mol. The molecule has 0 aliphatic heterocycles. The van der Waals surface area contributed by atoms with Gasteiger partial charge in [0.05, 0.1) is 31.6 Å². The highest BCUT2D eigenvalue weighted by Gasteiger charge is 2.17. The number of aromatic nitrogens is 3. The van der Waals surface area contributed by atoms with Gasteiger partial charge >= 0.3 is 6.09 Å². The van der Waals surface area contributed by atoms with E-state index in [0.29, 0.717) is 28.5 Å². The second-order valence-corrected chi connectivity index (χ2v) is 8.43. The molecule has 0 saturated heterocycles. The van der Waals surface area contributed by atoms with Crippen LogP contribution in [0, 0.1) is 5.82 Å². The summed E-state index contributed by atoms with van der Waals surface area (Å²) in [5.41, 5.74) is 7.99. The van der Waals surface area contributed by atoms with Crippen LogP contribution in [0.25, 0.3) is 11.4 Å². The van der Waals surface area contributed by atoms with Gasteiger partial charge in [-0.2, -0.15) is 5.10 Å². The summed E-state index contributed by atoms with van der Waals surface area (Å²) < 4.78 is 32.2. The molecule has 0 radical (unpaired) electrons. The SMILES string of the molecule is COc1c(N)cc(COCc2cc(NC(=O)OC(C)(C)C)ccc2F)cc1-c1ncn(C)n1. The number of anilines is 2. The van der Waals surface area contributed by atoms with Crippen molar-refractivity contribution in [3.05, 3.63) is 53.6 Å². The zero-order valence-corrected chi connectivity index (χ0v) is 19.3. The van der Waals surface area contributed by atoms with Crippen molar-refractivity contribution in [3.8, 4) is 17.1 Å². The molecule has 1 aromatic heterocycles. The van der Waals surface area contributed by atoms with Crippen LogP contribution in [0.2, 0.25) is 0 Å². The summed E-state index contributed by atoms with van der Waals surface area (Å²) in [6.07, 6.45) is 0.959. The Bertz CT molecular complexity index is 1140. The monoisotopic (exact) mass is 457 g/mol. The standard InChI is InChI=1S/C23H28FN5O4/c1-23(2,3)33-22(30)27-16-6-7-18(24)15(10-16)12-32-11-14-8-17(20(31-5)19(25)9-14)21-26-13-29(4)28-21/h6-10,13H,11-12,25H2,1-5H3,(H,27,30). The Labute approximate surface area is 191 Å². The molecule has 0 saturated carbocycles. The topological polar surface area (TPSA) is 114 Å². The van der Waals surface area contributed by atoms with Crippen LogP contribution in [-0.4, -0.2) is 33.6 Å². The predicted molar refractivity (Wildman–Crippen MR) is 122 cm³/mol. The van der Waals surface area contributed by atoms with Gasteiger partial charge in [-0.3, -0.25) is 10.00 Å². The summed E-state index contributed by atoms with van der Waals surface area (Å²) in [6.45, 7) is 5.43. The van der Waals surface area contributed by atoms with Gasteiger partial charge in [0, 0.05) is 18.3 Å². The van der Waals surface area contributed by atoms with E-state index in [1.54, 1.807) is 44.9 Å². The van der Waals surface area contributed by atoms with E-state index >= 15 is 0 Å². The Kier molecular flexibility index (Phi) is 7.17. The number of ether oxygens (including phenoxy) is 3. The van der Waals surface area contributed by atoms with Gasteiger partial charge < -0.3 is 19.9 Å². The van der Waals surface area contributed by atoms with Crippen molar-refractivity contribution < 1.29 is 23.4 Å². The number of nitrogens with zero attached hydrogens (tertiary/aromatic N) is 3. The first-order chi connectivity index (χ1) is 15.6. The second kappa shape index (κ2) is 9.86. The lowest BCUT2D eigenvalue weighted by atomic mass is 10.1. The molecule has 1 amide bonds. The number of hydrogen-bond acceptors (Lipinski definition) is 7. The predicted octanol–water partition coefficient (Wildman–Crippen LogP) is 4.28. The lowest BCUT2D eigenvalue weighted by Crippen LogP contribution is -2.27. The molecule has 9 nitrogen and oxygen atoms in total. The van der Waals surface area contributed by atoms with E-state index in [0.717, 1.165) is 5.56 Å². The van der Waals surface area contributed by atoms with Crippen LogP contribution in [0.1, 0.15) is 31.9 Å². The molecule has 0 aliphatic rings. The number of benzene rings is 2. The number of halogens is 1. The number of carbonyl (C=O) groups is 1. The van der Waals surface area contributed by atoms with Crippen LogP contribution < -0.4 is 15.8 Å². The minimum Gasteiger partial charge on any atom is -0.494 e. The van der Waals surface area contributed by atoms with Crippen molar-refractivity contribution in [2.75, 3.05) is 18.2 Å². The van der Waals surface area contributed by atoms with Crippen LogP contribution in [0.3, 0.4) is 0 Å². The number of nitrogen functional groups attached to an aromatic ring is 1. The van der Waals surface area contributed by atoms with Crippen LogP contribution in [0.5, 0.6) is 5.75 Å². The molecule has 10 heteroatoms. The number of hydrogen-bond donors (Lipinski definition) is 2. The Morgan fingerprint density at radius 1 is 1.21 bits per heavy atom. The Hall–Kier alpha value is -3.66. The lowest BCUT2D eigenvalue weighted by molar-refractivity contribution is 0.0635. The van der Waals surface area contributed by atoms with Gasteiger partial charge in [0.25, 0.3) is 0 Å². The van der Waals surface area contributed by atoms with E-state index in [1.807, 2.05) is 6.07 Å². The number of amides is 1. The summed E-state index contributed by atoms with van der Waals surface area (Å²) in [7, 11) is 3.29. The molecule has 0 bridgehead atoms. The fourth-order valence-corrected chi connectivity index (χ4v) is 3.12. The maximum Gasteiger partial charge on any atom is 0.412 e. The van der Waals surface area contributed by atoms with Crippen LogP contribution in [0.15, 0.2) is 36.7 Å². The van der Waals surface area contributed by atoms with Gasteiger partial charge in [0.2, 0.25) is 0 Å². The second-order valence-electron chi connectivity index (χ2n) is 8.43. The number of methoxy groups -OCH3 is 1. The molecule has 0 atom stereocenters. The van der Waals surface area contributed by atoms with Crippen molar-refractivity contribution in [3.63, 3.8) is 0 Å². The van der Waals surface area contributed by atoms with Gasteiger partial charge in [-0.05, 0) is 56.7 Å². The van der Waals surface area contributed by atoms with Gasteiger partial charge in [0.15, 0.2) is 11.6 Å². The van der Waals surface area contributed by atoms with Crippen molar-refractivity contribution in [1.29, 1.82) is 0 Å². The van der Waals surface area contributed by atoms with E-state index in [9.17, 15) is 9.18 Å². The molecule has 3 aromatic rings. The zero-order chi connectivity index (χ0) is 24.2. The van der Waals surface area contributed by atoms with Crippen molar-refractivity contribution in [1.82, 2.24) is 14.8 Å². The molecular weight excluding hydrogens is 429 g/mol. The lowest BCUT2D eigenvalue weighted by Gasteiger charge is -2.19. The van der Waals surface area contributed by atoms with Gasteiger partial charge in [-0.1, -0.05) is 0 Å². The molecule has 33 heavy (non-hydrogen) atoms. The highest BCUT2D eigenvalue weighted by molar-refractivity contribution is 5.85. The number of nitrogens with one attached hydrogen (secondary N) is 1. The molecule has 176 valence electrons. The average Bonchev–Trinajstić information content (AvgIpc) is 3.14. The molecule has 0 unspecified atom stereocenters. The third kappa shape index (κ3) is 6.42. The minimum absolute atomic E-state index is 0.0151. The highest BCUT2D eigenvalue weighted by Crippen LogP contribution is 2.34. The van der Waals surface area contributed by atoms with Crippen LogP contribution in [0.4, 0.5) is 20.6 Å². The summed E-state index contributed by atoms with van der Waals surface area (Å²) in [4.78, 5) is 16.2. The number of nitrogens with two attached hydrogens (primary N) is 1. The Morgan fingerprint density at radius 2 is 1.97 bits per heavy atom. The molecule has 0 spiro atoms.